The predicted octanol–water partition coefficient (Wildman–Crippen LogP) is -0.646. The maximum Gasteiger partial charge on any atom is 0.249 e. The molecule has 9 N–H and O–H groups in total. The van der Waals surface area contributed by atoms with Crippen LogP contribution in [-0.4, -0.2) is 81.6 Å². The Morgan fingerprint density at radius 1 is 0.892 bits per heavy atom. The van der Waals surface area contributed by atoms with Crippen LogP contribution in [0.15, 0.2) is 0 Å². The molecule has 0 aromatic rings. The van der Waals surface area contributed by atoms with Crippen LogP contribution < -0.4 is 22.1 Å². The van der Waals surface area contributed by atoms with Gasteiger partial charge in [-0.25, -0.2) is 0 Å². The number of hydrogen-bond acceptors (Lipinski definition) is 9. The number of primary amides is 1. The third-order valence-corrected chi connectivity index (χ3v) is 6.52. The molecular weight excluding hydrogens is 484 g/mol. The summed E-state index contributed by atoms with van der Waals surface area (Å²) >= 11 is 0. The molecule has 1 heterocycles. The lowest BCUT2D eigenvalue weighted by Gasteiger charge is -2.39. The maximum atomic E-state index is 12.7. The molecule has 12 heteroatoms. The van der Waals surface area contributed by atoms with Crippen LogP contribution in [-0.2, 0) is 23.9 Å². The first-order valence-corrected chi connectivity index (χ1v) is 13.3. The first-order chi connectivity index (χ1) is 17.4. The first-order valence-electron chi connectivity index (χ1n) is 13.3. The smallest absolute Gasteiger partial charge is 0.249 e. The lowest BCUT2D eigenvalue weighted by atomic mass is 9.96. The fourth-order valence-corrected chi connectivity index (χ4v) is 4.17. The van der Waals surface area contributed by atoms with Gasteiger partial charge in [0.25, 0.3) is 0 Å². The summed E-state index contributed by atoms with van der Waals surface area (Å²) in [6.07, 6.45) is 0.220. The van der Waals surface area contributed by atoms with Crippen LogP contribution in [0, 0.1) is 5.92 Å². The molecule has 1 aliphatic heterocycles. The second kappa shape index (κ2) is 16.7. The molecule has 0 bridgehead atoms. The topological polar surface area (TPSA) is 214 Å². The number of aliphatic hydroxyl groups excluding tert-OH is 3. The fraction of sp³-hybridized carbons (Fsp3) is 0.840. The summed E-state index contributed by atoms with van der Waals surface area (Å²) in [4.78, 5) is 49.4. The molecular formula is C25H46N4O8. The Kier molecular flexibility index (Phi) is 14.8. The van der Waals surface area contributed by atoms with E-state index in [1.807, 2.05) is 0 Å². The third-order valence-electron chi connectivity index (χ3n) is 6.52. The third kappa shape index (κ3) is 11.0. The summed E-state index contributed by atoms with van der Waals surface area (Å²) in [5.41, 5.74) is 11.2. The van der Waals surface area contributed by atoms with Crippen molar-refractivity contribution in [3.63, 3.8) is 0 Å². The largest absolute Gasteiger partial charge is 0.387 e. The Morgan fingerprint density at radius 2 is 1.46 bits per heavy atom. The number of ketones is 1. The van der Waals surface area contributed by atoms with Gasteiger partial charge in [-0.1, -0.05) is 72.1 Å². The molecule has 1 saturated heterocycles. The molecule has 1 aliphatic rings. The first kappa shape index (κ1) is 32.9. The standard InChI is InChI=1S/C25H46N4O8/c1-4-5-6-7-8-9-10-11-12-15(26)24(36)28-16(18(31)14(2)3)13-17(30)29-25-21(34)19(32)20(33)22(37-25)23(27)35/h14-16,19-22,25,32-34H,4-13,26H2,1-3H3,(H2,27,35)(H,28,36)(H,29,30)/t15?,16?,19-,20+,21?,22?,25+/m0/s1. The predicted molar refractivity (Wildman–Crippen MR) is 136 cm³/mol. The monoisotopic (exact) mass is 530 g/mol. The van der Waals surface area contributed by atoms with Crippen molar-refractivity contribution in [2.24, 2.45) is 17.4 Å². The van der Waals surface area contributed by atoms with Crippen LogP contribution in [0.25, 0.3) is 0 Å². The van der Waals surface area contributed by atoms with Crippen LogP contribution in [0.3, 0.4) is 0 Å². The number of unbranched alkanes of at least 4 members (excludes halogenated alkanes) is 7. The molecule has 0 spiro atoms. The van der Waals surface area contributed by atoms with Gasteiger partial charge in [0.05, 0.1) is 18.5 Å². The van der Waals surface area contributed by atoms with E-state index in [1.54, 1.807) is 13.8 Å². The molecule has 0 aliphatic carbocycles. The summed E-state index contributed by atoms with van der Waals surface area (Å²) in [7, 11) is 0. The molecule has 214 valence electrons. The van der Waals surface area contributed by atoms with Crippen LogP contribution in [0.5, 0.6) is 0 Å². The number of hydrogen-bond donors (Lipinski definition) is 7. The molecule has 0 radical (unpaired) electrons. The van der Waals surface area contributed by atoms with Crippen molar-refractivity contribution >= 4 is 23.5 Å². The molecule has 0 saturated carbocycles. The highest BCUT2D eigenvalue weighted by Gasteiger charge is 2.46. The van der Waals surface area contributed by atoms with Gasteiger partial charge in [-0.3, -0.25) is 19.2 Å². The van der Waals surface area contributed by atoms with Gasteiger partial charge in [0.2, 0.25) is 17.7 Å². The summed E-state index contributed by atoms with van der Waals surface area (Å²) < 4.78 is 5.15. The van der Waals surface area contributed by atoms with Gasteiger partial charge in [-0.15, -0.1) is 0 Å². The van der Waals surface area contributed by atoms with Gasteiger partial charge in [0.1, 0.15) is 18.3 Å². The fourth-order valence-electron chi connectivity index (χ4n) is 4.17. The quantitative estimate of drug-likeness (QED) is 0.119. The molecule has 1 rings (SSSR count). The molecule has 7 atom stereocenters. The maximum absolute atomic E-state index is 12.7. The van der Waals surface area contributed by atoms with Crippen molar-refractivity contribution in [1.29, 1.82) is 0 Å². The van der Waals surface area contributed by atoms with Gasteiger partial charge >= 0.3 is 0 Å². The number of amides is 3. The van der Waals surface area contributed by atoms with Crippen molar-refractivity contribution in [3.8, 4) is 0 Å². The Labute approximate surface area is 218 Å². The highest BCUT2D eigenvalue weighted by atomic mass is 16.6. The second-order valence-electron chi connectivity index (χ2n) is 10.1. The minimum Gasteiger partial charge on any atom is -0.387 e. The summed E-state index contributed by atoms with van der Waals surface area (Å²) in [6, 6.07) is -2.01. The number of carbonyl (C=O) groups is 4. The number of nitrogens with one attached hydrogen (secondary N) is 2. The number of nitrogens with two attached hydrogens (primary N) is 2. The molecule has 12 nitrogen and oxygen atoms in total. The minimum atomic E-state index is -1.81. The number of aliphatic hydroxyl groups is 3. The summed E-state index contributed by atoms with van der Waals surface area (Å²) in [5, 5.41) is 34.8. The zero-order chi connectivity index (χ0) is 28.1. The summed E-state index contributed by atoms with van der Waals surface area (Å²) in [5.74, 6) is -3.32. The minimum absolute atomic E-state index is 0.390. The second-order valence-corrected chi connectivity index (χ2v) is 10.1. The van der Waals surface area contributed by atoms with E-state index < -0.39 is 78.6 Å². The van der Waals surface area contributed by atoms with Crippen LogP contribution in [0.1, 0.15) is 85.0 Å². The van der Waals surface area contributed by atoms with E-state index in [0.29, 0.717) is 6.42 Å². The Balaban J connectivity index is 2.64. The van der Waals surface area contributed by atoms with E-state index in [9.17, 15) is 34.5 Å². The van der Waals surface area contributed by atoms with E-state index in [0.717, 1.165) is 25.7 Å². The molecule has 37 heavy (non-hydrogen) atoms. The number of carbonyl (C=O) groups excluding carboxylic acids is 4. The highest BCUT2D eigenvalue weighted by molar-refractivity contribution is 5.95. The molecule has 4 unspecified atom stereocenters. The number of Topliss-reactive ketones (excluding diaryl/α,β-unsaturated/α-hetero) is 1. The van der Waals surface area contributed by atoms with Crippen LogP contribution in [0.2, 0.25) is 0 Å². The lowest BCUT2D eigenvalue weighted by molar-refractivity contribution is -0.226. The Bertz CT molecular complexity index is 750. The van der Waals surface area contributed by atoms with Gasteiger partial charge in [-0.05, 0) is 6.42 Å². The Hall–Kier alpha value is -2.12. The van der Waals surface area contributed by atoms with Crippen LogP contribution >= 0.6 is 0 Å². The number of ether oxygens (including phenoxy) is 1. The van der Waals surface area contributed by atoms with Gasteiger partial charge in [0, 0.05) is 5.92 Å². The average molecular weight is 531 g/mol. The molecule has 0 aromatic heterocycles. The lowest BCUT2D eigenvalue weighted by Crippen LogP contribution is -2.65. The normalized spacial score (nSPS) is 25.4. The van der Waals surface area contributed by atoms with E-state index >= 15 is 0 Å². The number of rotatable bonds is 17. The van der Waals surface area contributed by atoms with Crippen molar-refractivity contribution in [1.82, 2.24) is 10.6 Å². The van der Waals surface area contributed by atoms with E-state index in [4.69, 9.17) is 16.2 Å². The van der Waals surface area contributed by atoms with Gasteiger partial charge in [-0.2, -0.15) is 0 Å². The highest BCUT2D eigenvalue weighted by Crippen LogP contribution is 2.20. The van der Waals surface area contributed by atoms with Gasteiger partial charge in [0.15, 0.2) is 18.1 Å². The van der Waals surface area contributed by atoms with Crippen molar-refractivity contribution in [2.45, 2.75) is 128 Å². The van der Waals surface area contributed by atoms with E-state index in [2.05, 4.69) is 17.6 Å². The zero-order valence-corrected chi connectivity index (χ0v) is 22.2. The van der Waals surface area contributed by atoms with E-state index in [1.165, 1.54) is 25.7 Å². The van der Waals surface area contributed by atoms with Crippen LogP contribution in [0.4, 0.5) is 0 Å². The van der Waals surface area contributed by atoms with E-state index in [-0.39, 0.29) is 0 Å². The molecule has 3 amide bonds. The summed E-state index contributed by atoms with van der Waals surface area (Å²) in [6.45, 7) is 5.43. The van der Waals surface area contributed by atoms with Crippen molar-refractivity contribution in [2.75, 3.05) is 0 Å². The van der Waals surface area contributed by atoms with Crippen molar-refractivity contribution < 1.29 is 39.2 Å². The Morgan fingerprint density at radius 3 is 2.00 bits per heavy atom. The average Bonchev–Trinajstić information content (AvgIpc) is 2.84. The SMILES string of the molecule is CCCCCCCCCCC(N)C(=O)NC(CC(=O)N[C@@H]1OC(C(N)=O)[C@H](O)[C@H](O)C1O)C(=O)C(C)C. The molecule has 1 fully saturated rings. The van der Waals surface area contributed by atoms with Gasteiger partial charge < -0.3 is 42.2 Å². The van der Waals surface area contributed by atoms with Crippen molar-refractivity contribution in [3.05, 3.63) is 0 Å². The molecule has 0 aromatic carbocycles. The zero-order valence-electron chi connectivity index (χ0n) is 22.2.